The van der Waals surface area contributed by atoms with Crippen LogP contribution < -0.4 is 4.90 Å². The molecule has 2 atom stereocenters. The first-order valence-corrected chi connectivity index (χ1v) is 7.39. The van der Waals surface area contributed by atoms with E-state index in [1.807, 2.05) is 18.2 Å². The molecule has 0 spiro atoms. The molecule has 0 amide bonds. The maximum absolute atomic E-state index is 11.8. The van der Waals surface area contributed by atoms with Crippen LogP contribution in [0.25, 0.3) is 11.0 Å². The lowest BCUT2D eigenvalue weighted by atomic mass is 9.81. The molecule has 108 valence electrons. The number of carboxylic acids is 1. The van der Waals surface area contributed by atoms with E-state index in [1.165, 1.54) is 0 Å². The summed E-state index contributed by atoms with van der Waals surface area (Å²) in [6.45, 7) is 1.39. The van der Waals surface area contributed by atoms with Gasteiger partial charge in [-0.25, -0.2) is 0 Å². The van der Waals surface area contributed by atoms with Gasteiger partial charge in [-0.2, -0.15) is 0 Å². The number of pyridine rings is 2. The number of aliphatic carboxylic acids is 1. The van der Waals surface area contributed by atoms with Crippen molar-refractivity contribution in [3.8, 4) is 0 Å². The van der Waals surface area contributed by atoms with Crippen molar-refractivity contribution in [3.63, 3.8) is 0 Å². The third kappa shape index (κ3) is 1.73. The number of fused-ring (bicyclic) bond motifs is 2. The summed E-state index contributed by atoms with van der Waals surface area (Å²) in [6, 6.07) is 5.76. The highest BCUT2D eigenvalue weighted by molar-refractivity contribution is 5.88. The zero-order chi connectivity index (χ0) is 14.4. The van der Waals surface area contributed by atoms with Crippen molar-refractivity contribution in [1.29, 1.82) is 0 Å². The molecule has 1 saturated heterocycles. The molecule has 4 rings (SSSR count). The second kappa shape index (κ2) is 4.41. The Kier molecular flexibility index (Phi) is 2.64. The van der Waals surface area contributed by atoms with Gasteiger partial charge in [0.2, 0.25) is 0 Å². The lowest BCUT2D eigenvalue weighted by Gasteiger charge is -2.24. The number of anilines is 1. The van der Waals surface area contributed by atoms with Crippen LogP contribution in [0.5, 0.6) is 0 Å². The van der Waals surface area contributed by atoms with Gasteiger partial charge in [-0.3, -0.25) is 14.8 Å². The zero-order valence-corrected chi connectivity index (χ0v) is 11.7. The number of rotatable bonds is 2. The summed E-state index contributed by atoms with van der Waals surface area (Å²) >= 11 is 0. The maximum Gasteiger partial charge on any atom is 0.311 e. The smallest absolute Gasteiger partial charge is 0.311 e. The lowest BCUT2D eigenvalue weighted by Crippen LogP contribution is -2.35. The van der Waals surface area contributed by atoms with E-state index in [0.29, 0.717) is 6.54 Å². The molecule has 5 nitrogen and oxygen atoms in total. The third-order valence-electron chi connectivity index (χ3n) is 5.11. The van der Waals surface area contributed by atoms with E-state index < -0.39 is 11.4 Å². The van der Waals surface area contributed by atoms with Crippen LogP contribution in [0.2, 0.25) is 0 Å². The van der Waals surface area contributed by atoms with Crippen LogP contribution in [-0.4, -0.2) is 34.1 Å². The number of carboxylic acid groups (broad SMARTS) is 1. The Hall–Kier alpha value is -2.17. The van der Waals surface area contributed by atoms with Gasteiger partial charge in [-0.1, -0.05) is 6.42 Å². The summed E-state index contributed by atoms with van der Waals surface area (Å²) in [7, 11) is 0. The van der Waals surface area contributed by atoms with Crippen LogP contribution in [0, 0.1) is 11.3 Å². The molecule has 2 aromatic rings. The Morgan fingerprint density at radius 1 is 1.33 bits per heavy atom. The van der Waals surface area contributed by atoms with E-state index in [-0.39, 0.29) is 5.92 Å². The van der Waals surface area contributed by atoms with Crippen LogP contribution in [0.15, 0.2) is 30.6 Å². The maximum atomic E-state index is 11.8. The molecule has 1 aliphatic carbocycles. The number of hydrogen-bond donors (Lipinski definition) is 1. The summed E-state index contributed by atoms with van der Waals surface area (Å²) in [5.41, 5.74) is 2.16. The van der Waals surface area contributed by atoms with Crippen molar-refractivity contribution < 1.29 is 9.90 Å². The molecule has 1 N–H and O–H groups in total. The summed E-state index contributed by atoms with van der Waals surface area (Å²) in [5.74, 6) is -0.388. The topological polar surface area (TPSA) is 66.3 Å². The summed E-state index contributed by atoms with van der Waals surface area (Å²) in [4.78, 5) is 22.7. The van der Waals surface area contributed by atoms with Gasteiger partial charge in [0.25, 0.3) is 0 Å². The highest BCUT2D eigenvalue weighted by Gasteiger charge is 2.55. The molecule has 2 aromatic heterocycles. The van der Waals surface area contributed by atoms with Crippen molar-refractivity contribution in [2.45, 2.75) is 19.3 Å². The molecule has 2 fully saturated rings. The Morgan fingerprint density at radius 2 is 2.24 bits per heavy atom. The Morgan fingerprint density at radius 3 is 3.05 bits per heavy atom. The van der Waals surface area contributed by atoms with Crippen LogP contribution in [-0.2, 0) is 4.79 Å². The van der Waals surface area contributed by atoms with Crippen LogP contribution >= 0.6 is 0 Å². The number of aromatic nitrogens is 2. The second-order valence-electron chi connectivity index (χ2n) is 6.13. The van der Waals surface area contributed by atoms with Gasteiger partial charge < -0.3 is 10.0 Å². The summed E-state index contributed by atoms with van der Waals surface area (Å²) in [5, 5.41) is 9.70. The predicted molar refractivity (Wildman–Crippen MR) is 79.2 cm³/mol. The minimum absolute atomic E-state index is 0.252. The number of carbonyl (C=O) groups is 1. The molecule has 0 bridgehead atoms. The second-order valence-corrected chi connectivity index (χ2v) is 6.13. The van der Waals surface area contributed by atoms with E-state index in [0.717, 1.165) is 42.5 Å². The predicted octanol–water partition coefficient (Wildman–Crippen LogP) is 2.32. The van der Waals surface area contributed by atoms with Crippen LogP contribution in [0.1, 0.15) is 19.3 Å². The fraction of sp³-hybridized carbons (Fsp3) is 0.438. The molecular formula is C16H17N3O2. The largest absolute Gasteiger partial charge is 0.481 e. The number of nitrogens with zero attached hydrogens (tertiary/aromatic N) is 3. The zero-order valence-electron chi connectivity index (χ0n) is 11.7. The highest BCUT2D eigenvalue weighted by atomic mass is 16.4. The minimum atomic E-state index is -0.640. The summed E-state index contributed by atoms with van der Waals surface area (Å²) < 4.78 is 0. The van der Waals surface area contributed by atoms with Crippen molar-refractivity contribution in [2.24, 2.45) is 11.3 Å². The van der Waals surface area contributed by atoms with E-state index in [1.54, 1.807) is 12.4 Å². The van der Waals surface area contributed by atoms with Crippen molar-refractivity contribution >= 4 is 22.7 Å². The Balaban J connectivity index is 1.76. The average molecular weight is 283 g/mol. The van der Waals surface area contributed by atoms with Gasteiger partial charge in [-0.05, 0) is 37.0 Å². The van der Waals surface area contributed by atoms with E-state index in [2.05, 4.69) is 14.9 Å². The van der Waals surface area contributed by atoms with Crippen molar-refractivity contribution in [2.75, 3.05) is 18.0 Å². The lowest BCUT2D eigenvalue weighted by molar-refractivity contribution is -0.149. The first-order chi connectivity index (χ1) is 10.2. The van der Waals surface area contributed by atoms with E-state index in [9.17, 15) is 9.90 Å². The van der Waals surface area contributed by atoms with Gasteiger partial charge in [-0.15, -0.1) is 0 Å². The third-order valence-corrected chi connectivity index (χ3v) is 5.11. The molecular weight excluding hydrogens is 266 g/mol. The molecule has 1 saturated carbocycles. The molecule has 0 aromatic carbocycles. The Bertz CT molecular complexity index is 712. The molecule has 21 heavy (non-hydrogen) atoms. The normalized spacial score (nSPS) is 28.0. The van der Waals surface area contributed by atoms with Gasteiger partial charge in [0.1, 0.15) is 5.52 Å². The SMILES string of the molecule is O=C(O)[C@@]12CCC[C@H]1CN(c1ccnc3cccnc13)C2. The van der Waals surface area contributed by atoms with Gasteiger partial charge in [0, 0.05) is 25.5 Å². The van der Waals surface area contributed by atoms with Crippen LogP contribution in [0.3, 0.4) is 0 Å². The highest BCUT2D eigenvalue weighted by Crippen LogP contribution is 2.50. The van der Waals surface area contributed by atoms with E-state index in [4.69, 9.17) is 0 Å². The van der Waals surface area contributed by atoms with Gasteiger partial charge in [0.05, 0.1) is 16.6 Å². The first kappa shape index (κ1) is 12.6. The Labute approximate surface area is 122 Å². The fourth-order valence-corrected chi connectivity index (χ4v) is 4.04. The molecule has 5 heteroatoms. The molecule has 0 radical (unpaired) electrons. The monoisotopic (exact) mass is 283 g/mol. The molecule has 2 aliphatic rings. The van der Waals surface area contributed by atoms with E-state index >= 15 is 0 Å². The standard InChI is InChI=1S/C16H17N3O2/c20-15(21)16-6-1-3-11(16)9-19(10-16)13-5-8-17-12-4-2-7-18-14(12)13/h2,4-5,7-8,11H,1,3,6,9-10H2,(H,20,21)/t11-,16+/m0/s1. The van der Waals surface area contributed by atoms with Crippen molar-refractivity contribution in [1.82, 2.24) is 9.97 Å². The van der Waals surface area contributed by atoms with Crippen LogP contribution in [0.4, 0.5) is 5.69 Å². The molecule has 0 unspecified atom stereocenters. The number of hydrogen-bond acceptors (Lipinski definition) is 4. The van der Waals surface area contributed by atoms with Crippen molar-refractivity contribution in [3.05, 3.63) is 30.6 Å². The molecule has 3 heterocycles. The molecule has 1 aliphatic heterocycles. The van der Waals surface area contributed by atoms with Gasteiger partial charge in [0.15, 0.2) is 0 Å². The first-order valence-electron chi connectivity index (χ1n) is 7.39. The minimum Gasteiger partial charge on any atom is -0.481 e. The fourth-order valence-electron chi connectivity index (χ4n) is 4.04. The summed E-state index contributed by atoms with van der Waals surface area (Å²) in [6.07, 6.45) is 6.37. The average Bonchev–Trinajstić information content (AvgIpc) is 3.04. The van der Waals surface area contributed by atoms with Gasteiger partial charge >= 0.3 is 5.97 Å². The quantitative estimate of drug-likeness (QED) is 0.916.